The lowest BCUT2D eigenvalue weighted by Crippen LogP contribution is -2.21. The Balaban J connectivity index is 2.31. The van der Waals surface area contributed by atoms with Gasteiger partial charge < -0.3 is 5.73 Å². The van der Waals surface area contributed by atoms with E-state index in [9.17, 15) is 0 Å². The maximum atomic E-state index is 5.29. The third kappa shape index (κ3) is 0.632. The van der Waals surface area contributed by atoms with Crippen molar-refractivity contribution in [3.05, 3.63) is 0 Å². The molecule has 1 rings (SSSR count). The van der Waals surface area contributed by atoms with Gasteiger partial charge in [0.1, 0.15) is 0 Å². The van der Waals surface area contributed by atoms with Crippen molar-refractivity contribution >= 4 is 0 Å². The second kappa shape index (κ2) is 1.26. The lowest BCUT2D eigenvalue weighted by molar-refractivity contribution is 0.590. The van der Waals surface area contributed by atoms with Crippen LogP contribution in [0.25, 0.3) is 0 Å². The number of rotatable bonds is 2. The van der Waals surface area contributed by atoms with Gasteiger partial charge in [-0.3, -0.25) is 0 Å². The quantitative estimate of drug-likeness (QED) is 0.539. The van der Waals surface area contributed by atoms with E-state index in [1.165, 1.54) is 0 Å². The molecular weight excluding hydrogens is 90.1 g/mol. The van der Waals surface area contributed by atoms with Crippen LogP contribution in [0, 0.1) is 0 Å². The molecule has 0 aromatic heterocycles. The molecule has 2 N–H and O–H groups in total. The Bertz CT molecular complexity index is 85.1. The molecule has 3 nitrogen and oxygen atoms in total. The lowest BCUT2D eigenvalue weighted by atomic mass is 10.2. The third-order valence-electron chi connectivity index (χ3n) is 1.28. The third-order valence-corrected chi connectivity index (χ3v) is 1.28. The average molecular weight is 99.1 g/mol. The summed E-state index contributed by atoms with van der Waals surface area (Å²) in [5.41, 5.74) is 5.15. The Hall–Kier alpha value is -0.440. The van der Waals surface area contributed by atoms with Gasteiger partial charge in [-0.2, -0.15) is 10.2 Å². The Morgan fingerprint density at radius 1 is 1.57 bits per heavy atom. The van der Waals surface area contributed by atoms with Crippen LogP contribution in [0.3, 0.4) is 0 Å². The van der Waals surface area contributed by atoms with Gasteiger partial charge in [0.05, 0.1) is 0 Å². The van der Waals surface area contributed by atoms with Crippen LogP contribution in [0.4, 0.5) is 0 Å². The fourth-order valence-electron chi connectivity index (χ4n) is 0.438. The normalized spacial score (nSPS) is 22.6. The Kier molecular flexibility index (Phi) is 0.852. The topological polar surface area (TPSA) is 50.7 Å². The molecule has 0 fully saturated rings. The minimum Gasteiger partial charge on any atom is -0.326 e. The first-order valence-corrected chi connectivity index (χ1v) is 2.47. The number of hydrogen-bond acceptors (Lipinski definition) is 3. The van der Waals surface area contributed by atoms with E-state index in [2.05, 4.69) is 10.2 Å². The van der Waals surface area contributed by atoms with E-state index < -0.39 is 0 Å². The molecule has 0 unspecified atom stereocenters. The highest BCUT2D eigenvalue weighted by atomic mass is 15.4. The molecule has 0 amide bonds. The molecule has 0 aromatic rings. The van der Waals surface area contributed by atoms with E-state index >= 15 is 0 Å². The Labute approximate surface area is 42.6 Å². The first-order valence-electron chi connectivity index (χ1n) is 2.47. The molecule has 0 aromatic carbocycles. The van der Waals surface area contributed by atoms with Gasteiger partial charge in [0.2, 0.25) is 5.66 Å². The molecule has 1 heterocycles. The van der Waals surface area contributed by atoms with Crippen LogP contribution in [-0.4, -0.2) is 12.2 Å². The van der Waals surface area contributed by atoms with Gasteiger partial charge in [0, 0.05) is 6.54 Å². The van der Waals surface area contributed by atoms with E-state index in [0.717, 1.165) is 6.42 Å². The Morgan fingerprint density at radius 2 is 2.14 bits per heavy atom. The summed E-state index contributed by atoms with van der Waals surface area (Å²) in [7, 11) is 0. The predicted octanol–water partition coefficient (Wildman–Crippen LogP) is 0.517. The number of nitrogens with zero attached hydrogens (tertiary/aromatic N) is 2. The van der Waals surface area contributed by atoms with Gasteiger partial charge in [-0.25, -0.2) is 0 Å². The van der Waals surface area contributed by atoms with Crippen molar-refractivity contribution in [1.82, 2.24) is 0 Å². The van der Waals surface area contributed by atoms with Gasteiger partial charge in [-0.15, -0.1) is 0 Å². The first kappa shape index (κ1) is 4.71. The molecule has 0 atom stereocenters. The van der Waals surface area contributed by atoms with Crippen molar-refractivity contribution in [3.8, 4) is 0 Å². The lowest BCUT2D eigenvalue weighted by Gasteiger charge is -1.98. The summed E-state index contributed by atoms with van der Waals surface area (Å²) in [6.07, 6.45) is 0.948. The molecule has 7 heavy (non-hydrogen) atoms. The number of hydrogen-bond donors (Lipinski definition) is 1. The summed E-state index contributed by atoms with van der Waals surface area (Å²) in [6.45, 7) is 2.61. The zero-order valence-corrected chi connectivity index (χ0v) is 4.39. The Morgan fingerprint density at radius 3 is 2.14 bits per heavy atom. The highest BCUT2D eigenvalue weighted by molar-refractivity contribution is 4.92. The zero-order valence-electron chi connectivity index (χ0n) is 4.39. The van der Waals surface area contributed by atoms with Crippen molar-refractivity contribution < 1.29 is 0 Å². The molecule has 0 saturated heterocycles. The summed E-state index contributed by atoms with van der Waals surface area (Å²) >= 11 is 0. The molecule has 1 aliphatic rings. The van der Waals surface area contributed by atoms with Crippen molar-refractivity contribution in [2.24, 2.45) is 16.0 Å². The van der Waals surface area contributed by atoms with Gasteiger partial charge >= 0.3 is 0 Å². The van der Waals surface area contributed by atoms with Crippen molar-refractivity contribution in [1.29, 1.82) is 0 Å². The van der Waals surface area contributed by atoms with Crippen LogP contribution < -0.4 is 5.73 Å². The van der Waals surface area contributed by atoms with E-state index in [-0.39, 0.29) is 5.66 Å². The molecule has 3 heteroatoms. The van der Waals surface area contributed by atoms with Crippen LogP contribution >= 0.6 is 0 Å². The largest absolute Gasteiger partial charge is 0.326 e. The van der Waals surface area contributed by atoms with Crippen LogP contribution in [0.15, 0.2) is 10.2 Å². The standard InChI is InChI=1S/C4H9N3/c1-2-4(3-5)6-7-4/h2-3,5H2,1H3. The maximum absolute atomic E-state index is 5.29. The summed E-state index contributed by atoms with van der Waals surface area (Å²) in [5, 5.41) is 7.54. The monoisotopic (exact) mass is 99.1 g/mol. The smallest absolute Gasteiger partial charge is 0.202 e. The molecule has 1 aliphatic heterocycles. The highest BCUT2D eigenvalue weighted by Gasteiger charge is 2.35. The summed E-state index contributed by atoms with van der Waals surface area (Å²) in [5.74, 6) is 0. The second-order valence-electron chi connectivity index (χ2n) is 1.74. The van der Waals surface area contributed by atoms with E-state index in [0.29, 0.717) is 6.54 Å². The van der Waals surface area contributed by atoms with Crippen LogP contribution in [0.1, 0.15) is 13.3 Å². The average Bonchev–Trinajstić information content (AvgIpc) is 2.46. The summed E-state index contributed by atoms with van der Waals surface area (Å²) < 4.78 is 0. The SMILES string of the molecule is CCC1(CN)N=N1. The van der Waals surface area contributed by atoms with Gasteiger partial charge in [-0.05, 0) is 6.42 Å². The summed E-state index contributed by atoms with van der Waals surface area (Å²) in [4.78, 5) is 0. The van der Waals surface area contributed by atoms with Crippen LogP contribution in [-0.2, 0) is 0 Å². The molecular formula is C4H9N3. The van der Waals surface area contributed by atoms with Crippen molar-refractivity contribution in [2.45, 2.75) is 19.0 Å². The fraction of sp³-hybridized carbons (Fsp3) is 1.00. The second-order valence-corrected chi connectivity index (χ2v) is 1.74. The molecule has 0 aliphatic carbocycles. The molecule has 40 valence electrons. The molecule has 0 spiro atoms. The fourth-order valence-corrected chi connectivity index (χ4v) is 0.438. The van der Waals surface area contributed by atoms with Crippen LogP contribution in [0.5, 0.6) is 0 Å². The van der Waals surface area contributed by atoms with Gasteiger partial charge in [0.25, 0.3) is 0 Å². The van der Waals surface area contributed by atoms with Gasteiger partial charge in [0.15, 0.2) is 0 Å². The highest BCUT2D eigenvalue weighted by Crippen LogP contribution is 2.29. The zero-order chi connectivity index (χ0) is 5.33. The minimum absolute atomic E-state index is 0.139. The maximum Gasteiger partial charge on any atom is 0.202 e. The van der Waals surface area contributed by atoms with Crippen LogP contribution in [0.2, 0.25) is 0 Å². The summed E-state index contributed by atoms with van der Waals surface area (Å²) in [6, 6.07) is 0. The number of nitrogens with two attached hydrogens (primary N) is 1. The van der Waals surface area contributed by atoms with Gasteiger partial charge in [-0.1, -0.05) is 6.92 Å². The minimum atomic E-state index is -0.139. The predicted molar refractivity (Wildman–Crippen MR) is 26.9 cm³/mol. The molecule has 0 saturated carbocycles. The first-order chi connectivity index (χ1) is 3.33. The van der Waals surface area contributed by atoms with E-state index in [1.807, 2.05) is 6.92 Å². The van der Waals surface area contributed by atoms with Crippen molar-refractivity contribution in [2.75, 3.05) is 6.54 Å². The van der Waals surface area contributed by atoms with E-state index in [4.69, 9.17) is 5.73 Å². The molecule has 0 radical (unpaired) electrons. The van der Waals surface area contributed by atoms with E-state index in [1.54, 1.807) is 0 Å². The molecule has 0 bridgehead atoms. The van der Waals surface area contributed by atoms with Crippen molar-refractivity contribution in [3.63, 3.8) is 0 Å².